The third-order valence-corrected chi connectivity index (χ3v) is 4.57. The highest BCUT2D eigenvalue weighted by Gasteiger charge is 2.08. The van der Waals surface area contributed by atoms with Crippen LogP contribution in [0.2, 0.25) is 5.02 Å². The molecule has 0 aliphatic rings. The van der Waals surface area contributed by atoms with Crippen LogP contribution in [0.25, 0.3) is 0 Å². The predicted octanol–water partition coefficient (Wildman–Crippen LogP) is 3.07. The molecule has 0 saturated carbocycles. The summed E-state index contributed by atoms with van der Waals surface area (Å²) in [5.41, 5.74) is 2.20. The van der Waals surface area contributed by atoms with Crippen molar-refractivity contribution >= 4 is 34.0 Å². The smallest absolute Gasteiger partial charge is 0.194 e. The lowest BCUT2D eigenvalue weighted by molar-refractivity contribution is 0.476. The minimum Gasteiger partial charge on any atom is -0.354 e. The topological polar surface area (TPSA) is 43.8 Å². The molecule has 0 bridgehead atoms. The van der Waals surface area contributed by atoms with E-state index in [1.807, 2.05) is 50.3 Å². The van der Waals surface area contributed by atoms with Gasteiger partial charge in [-0.1, -0.05) is 23.7 Å². The first-order valence-corrected chi connectivity index (χ1v) is 8.53. The number of hydrogen-bond donors (Lipinski definition) is 1. The highest BCUT2D eigenvalue weighted by molar-refractivity contribution is 7.13. The number of benzene rings is 1. The summed E-state index contributed by atoms with van der Waals surface area (Å²) in [6.45, 7) is 1.42. The summed E-state index contributed by atoms with van der Waals surface area (Å²) >= 11 is 7.56. The maximum absolute atomic E-state index is 5.92. The number of hydrogen-bond acceptors (Lipinski definition) is 4. The molecule has 7 heteroatoms. The van der Waals surface area contributed by atoms with Crippen molar-refractivity contribution in [1.29, 1.82) is 0 Å². The Morgan fingerprint density at radius 2 is 1.96 bits per heavy atom. The quantitative estimate of drug-likeness (QED) is 0.664. The van der Waals surface area contributed by atoms with Crippen LogP contribution in [0.4, 0.5) is 5.13 Å². The first kappa shape index (κ1) is 17.6. The Morgan fingerprint density at radius 3 is 2.52 bits per heavy atom. The number of aliphatic imine (C=N–C) groups is 1. The highest BCUT2D eigenvalue weighted by atomic mass is 35.5. The number of thiazole rings is 1. The second kappa shape index (κ2) is 8.17. The molecule has 1 heterocycles. The van der Waals surface area contributed by atoms with Crippen LogP contribution in [0.3, 0.4) is 0 Å². The summed E-state index contributed by atoms with van der Waals surface area (Å²) in [7, 11) is 7.78. The van der Waals surface area contributed by atoms with Gasteiger partial charge in [-0.15, -0.1) is 11.3 Å². The molecular weight excluding hydrogens is 330 g/mol. The van der Waals surface area contributed by atoms with Crippen LogP contribution in [-0.4, -0.2) is 44.0 Å². The summed E-state index contributed by atoms with van der Waals surface area (Å²) in [6.07, 6.45) is 0. The van der Waals surface area contributed by atoms with E-state index < -0.39 is 0 Å². The van der Waals surface area contributed by atoms with Crippen LogP contribution >= 0.6 is 22.9 Å². The fourth-order valence-corrected chi connectivity index (χ4v) is 2.96. The molecule has 0 spiro atoms. The zero-order valence-corrected chi connectivity index (χ0v) is 15.4. The molecule has 0 atom stereocenters. The minimum atomic E-state index is 0.655. The SMILES string of the molecule is CN=C(NCc1csc(N(C)C)n1)N(C)Cc1ccc(Cl)cc1. The third-order valence-electron chi connectivity index (χ3n) is 3.26. The Balaban J connectivity index is 1.92. The first-order chi connectivity index (χ1) is 11.0. The lowest BCUT2D eigenvalue weighted by atomic mass is 10.2. The van der Waals surface area contributed by atoms with Gasteiger partial charge in [-0.3, -0.25) is 4.99 Å². The molecule has 124 valence electrons. The van der Waals surface area contributed by atoms with Crippen molar-refractivity contribution in [2.45, 2.75) is 13.1 Å². The summed E-state index contributed by atoms with van der Waals surface area (Å²) in [5, 5.41) is 7.16. The summed E-state index contributed by atoms with van der Waals surface area (Å²) in [5.74, 6) is 0.833. The van der Waals surface area contributed by atoms with Gasteiger partial charge in [0.1, 0.15) is 0 Å². The van der Waals surface area contributed by atoms with E-state index in [1.165, 1.54) is 5.56 Å². The monoisotopic (exact) mass is 351 g/mol. The van der Waals surface area contributed by atoms with Gasteiger partial charge in [0.05, 0.1) is 12.2 Å². The van der Waals surface area contributed by atoms with Gasteiger partial charge in [-0.25, -0.2) is 4.98 Å². The second-order valence-electron chi connectivity index (χ2n) is 5.40. The van der Waals surface area contributed by atoms with Crippen LogP contribution in [-0.2, 0) is 13.1 Å². The molecule has 0 aliphatic carbocycles. The van der Waals surface area contributed by atoms with E-state index in [1.54, 1.807) is 18.4 Å². The molecule has 0 unspecified atom stereocenters. The number of anilines is 1. The van der Waals surface area contributed by atoms with Crippen molar-refractivity contribution in [3.8, 4) is 0 Å². The van der Waals surface area contributed by atoms with Gasteiger partial charge in [-0.2, -0.15) is 0 Å². The van der Waals surface area contributed by atoms with Crippen LogP contribution < -0.4 is 10.2 Å². The van der Waals surface area contributed by atoms with Gasteiger partial charge in [-0.05, 0) is 17.7 Å². The van der Waals surface area contributed by atoms with Crippen LogP contribution in [0.1, 0.15) is 11.3 Å². The average Bonchev–Trinajstić information content (AvgIpc) is 2.99. The van der Waals surface area contributed by atoms with Crippen LogP contribution in [0.15, 0.2) is 34.6 Å². The lowest BCUT2D eigenvalue weighted by Gasteiger charge is -2.22. The zero-order valence-electron chi connectivity index (χ0n) is 13.9. The maximum atomic E-state index is 5.92. The van der Waals surface area contributed by atoms with Crippen molar-refractivity contribution in [2.24, 2.45) is 4.99 Å². The molecule has 5 nitrogen and oxygen atoms in total. The number of nitrogens with one attached hydrogen (secondary N) is 1. The molecule has 0 amide bonds. The molecule has 0 radical (unpaired) electrons. The Kier molecular flexibility index (Phi) is 6.24. The first-order valence-electron chi connectivity index (χ1n) is 7.27. The van der Waals surface area contributed by atoms with Gasteiger partial charge in [0.2, 0.25) is 0 Å². The zero-order chi connectivity index (χ0) is 16.8. The van der Waals surface area contributed by atoms with E-state index in [0.29, 0.717) is 6.54 Å². The van der Waals surface area contributed by atoms with Crippen LogP contribution in [0, 0.1) is 0 Å². The van der Waals surface area contributed by atoms with E-state index in [-0.39, 0.29) is 0 Å². The number of aromatic nitrogens is 1. The molecular formula is C16H22ClN5S. The molecule has 0 fully saturated rings. The van der Waals surface area contributed by atoms with E-state index in [4.69, 9.17) is 11.6 Å². The van der Waals surface area contributed by atoms with E-state index in [9.17, 15) is 0 Å². The maximum Gasteiger partial charge on any atom is 0.194 e. The van der Waals surface area contributed by atoms with Crippen LogP contribution in [0.5, 0.6) is 0 Å². The van der Waals surface area contributed by atoms with Gasteiger partial charge < -0.3 is 15.1 Å². The Bertz CT molecular complexity index is 651. The van der Waals surface area contributed by atoms with Gasteiger partial charge in [0.15, 0.2) is 11.1 Å². The minimum absolute atomic E-state index is 0.655. The van der Waals surface area contributed by atoms with E-state index in [2.05, 4.69) is 25.6 Å². The van der Waals surface area contributed by atoms with Crippen molar-refractivity contribution < 1.29 is 0 Å². The van der Waals surface area contributed by atoms with Crippen molar-refractivity contribution in [3.63, 3.8) is 0 Å². The third kappa shape index (κ3) is 5.11. The fraction of sp³-hybridized carbons (Fsp3) is 0.375. The lowest BCUT2D eigenvalue weighted by Crippen LogP contribution is -2.38. The largest absolute Gasteiger partial charge is 0.354 e. The van der Waals surface area contributed by atoms with Gasteiger partial charge >= 0.3 is 0 Å². The van der Waals surface area contributed by atoms with E-state index in [0.717, 1.165) is 28.4 Å². The molecule has 0 saturated heterocycles. The number of rotatable bonds is 5. The van der Waals surface area contributed by atoms with E-state index >= 15 is 0 Å². The fourth-order valence-electron chi connectivity index (χ4n) is 2.08. The van der Waals surface area contributed by atoms with Crippen molar-refractivity contribution in [2.75, 3.05) is 33.1 Å². The number of halogens is 1. The Hall–Kier alpha value is -1.79. The average molecular weight is 352 g/mol. The molecule has 23 heavy (non-hydrogen) atoms. The molecule has 1 N–H and O–H groups in total. The molecule has 2 aromatic rings. The predicted molar refractivity (Wildman–Crippen MR) is 99.6 cm³/mol. The standard InChI is InChI=1S/C16H22ClN5S/c1-18-15(19-9-14-11-23-16(20-14)21(2)3)22(4)10-12-5-7-13(17)8-6-12/h5-8,11H,9-10H2,1-4H3,(H,18,19). The second-order valence-corrected chi connectivity index (χ2v) is 6.67. The molecule has 0 aliphatic heterocycles. The van der Waals surface area contributed by atoms with Crippen molar-refractivity contribution in [3.05, 3.63) is 45.9 Å². The van der Waals surface area contributed by atoms with Gasteiger partial charge in [0, 0.05) is 45.1 Å². The summed E-state index contributed by atoms with van der Waals surface area (Å²) < 4.78 is 0. The molecule has 1 aromatic heterocycles. The normalized spacial score (nSPS) is 11.4. The number of guanidine groups is 1. The summed E-state index contributed by atoms with van der Waals surface area (Å²) in [6, 6.07) is 7.85. The van der Waals surface area contributed by atoms with Gasteiger partial charge in [0.25, 0.3) is 0 Å². The Morgan fingerprint density at radius 1 is 1.26 bits per heavy atom. The van der Waals surface area contributed by atoms with Crippen molar-refractivity contribution in [1.82, 2.24) is 15.2 Å². The number of nitrogens with zero attached hydrogens (tertiary/aromatic N) is 4. The molecule has 2 rings (SSSR count). The Labute approximate surface area is 146 Å². The molecule has 1 aromatic carbocycles. The highest BCUT2D eigenvalue weighted by Crippen LogP contribution is 2.17. The summed E-state index contributed by atoms with van der Waals surface area (Å²) in [4.78, 5) is 13.0.